The highest BCUT2D eigenvalue weighted by Crippen LogP contribution is 2.07. The zero-order chi connectivity index (χ0) is 10.7. The van der Waals surface area contributed by atoms with Gasteiger partial charge in [-0.05, 0) is 31.2 Å². The van der Waals surface area contributed by atoms with Crippen LogP contribution in [0.2, 0.25) is 0 Å². The van der Waals surface area contributed by atoms with E-state index < -0.39 is 0 Å². The van der Waals surface area contributed by atoms with Crippen molar-refractivity contribution in [1.29, 1.82) is 0 Å². The molecule has 0 spiro atoms. The van der Waals surface area contributed by atoms with Crippen molar-refractivity contribution in [1.82, 2.24) is 9.97 Å². The average molecular weight is 198 g/mol. The van der Waals surface area contributed by atoms with Gasteiger partial charge in [-0.15, -0.1) is 0 Å². The van der Waals surface area contributed by atoms with Gasteiger partial charge in [-0.1, -0.05) is 0 Å². The van der Waals surface area contributed by atoms with E-state index in [9.17, 15) is 4.79 Å². The summed E-state index contributed by atoms with van der Waals surface area (Å²) in [5, 5.41) is 0. The van der Waals surface area contributed by atoms with E-state index in [0.29, 0.717) is 11.1 Å². The molecule has 0 aliphatic heterocycles. The Balaban J connectivity index is 2.33. The molecular formula is C12H10N2O. The summed E-state index contributed by atoms with van der Waals surface area (Å²) in [5.41, 5.74) is 2.08. The average Bonchev–Trinajstić information content (AvgIpc) is 2.30. The molecule has 0 unspecified atom stereocenters. The van der Waals surface area contributed by atoms with Crippen molar-refractivity contribution in [3.63, 3.8) is 0 Å². The van der Waals surface area contributed by atoms with Gasteiger partial charge in [0.25, 0.3) is 0 Å². The number of aryl methyl sites for hydroxylation is 1. The quantitative estimate of drug-likeness (QED) is 0.693. The molecule has 2 aromatic heterocycles. The lowest BCUT2D eigenvalue weighted by Gasteiger charge is -1.99. The van der Waals surface area contributed by atoms with Crippen LogP contribution in [0.15, 0.2) is 42.9 Å². The van der Waals surface area contributed by atoms with Gasteiger partial charge in [-0.3, -0.25) is 14.8 Å². The topological polar surface area (TPSA) is 42.9 Å². The fourth-order valence-corrected chi connectivity index (χ4v) is 1.27. The van der Waals surface area contributed by atoms with Crippen molar-refractivity contribution in [3.8, 4) is 0 Å². The second kappa shape index (κ2) is 4.00. The lowest BCUT2D eigenvalue weighted by Crippen LogP contribution is -2.02. The monoisotopic (exact) mass is 198 g/mol. The number of carbonyl (C=O) groups is 1. The SMILES string of the molecule is Cc1ccc(C(=O)c2cccnc2)cn1. The molecule has 2 heterocycles. The van der Waals surface area contributed by atoms with Gasteiger partial charge < -0.3 is 0 Å². The molecule has 3 heteroatoms. The zero-order valence-corrected chi connectivity index (χ0v) is 8.34. The number of aromatic nitrogens is 2. The van der Waals surface area contributed by atoms with Crippen LogP contribution in [-0.2, 0) is 0 Å². The molecule has 0 aromatic carbocycles. The Bertz CT molecular complexity index is 463. The van der Waals surface area contributed by atoms with E-state index in [1.165, 1.54) is 0 Å². The molecule has 0 N–H and O–H groups in total. The van der Waals surface area contributed by atoms with Crippen LogP contribution in [0.4, 0.5) is 0 Å². The summed E-state index contributed by atoms with van der Waals surface area (Å²) in [6, 6.07) is 7.09. The molecule has 15 heavy (non-hydrogen) atoms. The van der Waals surface area contributed by atoms with E-state index in [2.05, 4.69) is 9.97 Å². The van der Waals surface area contributed by atoms with Crippen molar-refractivity contribution in [3.05, 3.63) is 59.7 Å². The van der Waals surface area contributed by atoms with E-state index in [1.807, 2.05) is 13.0 Å². The molecule has 0 radical (unpaired) electrons. The highest BCUT2D eigenvalue weighted by atomic mass is 16.1. The third-order valence-corrected chi connectivity index (χ3v) is 2.10. The summed E-state index contributed by atoms with van der Waals surface area (Å²) >= 11 is 0. The van der Waals surface area contributed by atoms with Crippen LogP contribution in [0, 0.1) is 6.92 Å². The van der Waals surface area contributed by atoms with Gasteiger partial charge in [0.1, 0.15) is 0 Å². The summed E-state index contributed by atoms with van der Waals surface area (Å²) in [4.78, 5) is 19.9. The van der Waals surface area contributed by atoms with Crippen molar-refractivity contribution >= 4 is 5.78 Å². The molecule has 3 nitrogen and oxygen atoms in total. The van der Waals surface area contributed by atoms with E-state index >= 15 is 0 Å². The molecule has 0 atom stereocenters. The van der Waals surface area contributed by atoms with Gasteiger partial charge in [0.05, 0.1) is 0 Å². The first-order valence-corrected chi connectivity index (χ1v) is 4.65. The second-order valence-electron chi connectivity index (χ2n) is 3.26. The molecule has 0 fully saturated rings. The van der Waals surface area contributed by atoms with Crippen molar-refractivity contribution < 1.29 is 4.79 Å². The molecule has 2 rings (SSSR count). The molecule has 0 aliphatic carbocycles. The summed E-state index contributed by atoms with van der Waals surface area (Å²) in [5.74, 6) is -0.0457. The van der Waals surface area contributed by atoms with Gasteiger partial charge in [-0.25, -0.2) is 0 Å². The molecule has 0 saturated heterocycles. The fraction of sp³-hybridized carbons (Fsp3) is 0.0833. The maximum absolute atomic E-state index is 11.9. The summed E-state index contributed by atoms with van der Waals surface area (Å²) in [7, 11) is 0. The van der Waals surface area contributed by atoms with Crippen LogP contribution in [0.25, 0.3) is 0 Å². The van der Waals surface area contributed by atoms with E-state index in [4.69, 9.17) is 0 Å². The lowest BCUT2D eigenvalue weighted by atomic mass is 10.1. The van der Waals surface area contributed by atoms with E-state index in [0.717, 1.165) is 5.69 Å². The number of ketones is 1. The Morgan fingerprint density at radius 3 is 2.53 bits per heavy atom. The molecule has 0 aliphatic rings. The standard InChI is InChI=1S/C12H10N2O/c1-9-4-5-11(8-14-9)12(15)10-3-2-6-13-7-10/h2-8H,1H3. The third-order valence-electron chi connectivity index (χ3n) is 2.10. The van der Waals surface area contributed by atoms with Crippen molar-refractivity contribution in [2.75, 3.05) is 0 Å². The van der Waals surface area contributed by atoms with Gasteiger partial charge >= 0.3 is 0 Å². The first-order chi connectivity index (χ1) is 7.27. The largest absolute Gasteiger partial charge is 0.288 e. The lowest BCUT2D eigenvalue weighted by molar-refractivity contribution is 0.103. The van der Waals surface area contributed by atoms with Crippen LogP contribution < -0.4 is 0 Å². The minimum Gasteiger partial charge on any atom is -0.288 e. The molecule has 0 amide bonds. The molecular weight excluding hydrogens is 188 g/mol. The highest BCUT2D eigenvalue weighted by Gasteiger charge is 2.08. The number of pyridine rings is 2. The Morgan fingerprint density at radius 1 is 1.13 bits per heavy atom. The van der Waals surface area contributed by atoms with Gasteiger partial charge in [0.15, 0.2) is 5.78 Å². The minimum atomic E-state index is -0.0457. The van der Waals surface area contributed by atoms with Gasteiger partial charge in [0, 0.05) is 35.4 Å². The Kier molecular flexibility index (Phi) is 2.54. The van der Waals surface area contributed by atoms with Crippen molar-refractivity contribution in [2.24, 2.45) is 0 Å². The maximum atomic E-state index is 11.9. The Hall–Kier alpha value is -2.03. The minimum absolute atomic E-state index is 0.0457. The van der Waals surface area contributed by atoms with Crippen LogP contribution in [-0.4, -0.2) is 15.8 Å². The highest BCUT2D eigenvalue weighted by molar-refractivity contribution is 6.08. The van der Waals surface area contributed by atoms with E-state index in [-0.39, 0.29) is 5.78 Å². The van der Waals surface area contributed by atoms with Gasteiger partial charge in [-0.2, -0.15) is 0 Å². The predicted molar refractivity (Wildman–Crippen MR) is 56.6 cm³/mol. The zero-order valence-electron chi connectivity index (χ0n) is 8.34. The first-order valence-electron chi connectivity index (χ1n) is 4.65. The summed E-state index contributed by atoms with van der Waals surface area (Å²) in [6.45, 7) is 1.89. The fourth-order valence-electron chi connectivity index (χ4n) is 1.27. The smallest absolute Gasteiger partial charge is 0.196 e. The Labute approximate surface area is 87.8 Å². The first kappa shape index (κ1) is 9.52. The predicted octanol–water partition coefficient (Wildman–Crippen LogP) is 2.02. The third kappa shape index (κ3) is 2.07. The van der Waals surface area contributed by atoms with Crippen LogP contribution >= 0.6 is 0 Å². The normalized spacial score (nSPS) is 9.93. The molecule has 0 bridgehead atoms. The van der Waals surface area contributed by atoms with Crippen LogP contribution in [0.3, 0.4) is 0 Å². The van der Waals surface area contributed by atoms with Crippen LogP contribution in [0.1, 0.15) is 21.6 Å². The van der Waals surface area contributed by atoms with Crippen LogP contribution in [0.5, 0.6) is 0 Å². The van der Waals surface area contributed by atoms with Gasteiger partial charge in [0.2, 0.25) is 0 Å². The molecule has 74 valence electrons. The number of rotatable bonds is 2. The second-order valence-corrected chi connectivity index (χ2v) is 3.26. The molecule has 2 aromatic rings. The maximum Gasteiger partial charge on any atom is 0.196 e. The number of hydrogen-bond acceptors (Lipinski definition) is 3. The number of nitrogens with zero attached hydrogens (tertiary/aromatic N) is 2. The van der Waals surface area contributed by atoms with E-state index in [1.54, 1.807) is 36.8 Å². The summed E-state index contributed by atoms with van der Waals surface area (Å²) < 4.78 is 0. The number of hydrogen-bond donors (Lipinski definition) is 0. The number of carbonyl (C=O) groups excluding carboxylic acids is 1. The Morgan fingerprint density at radius 2 is 1.93 bits per heavy atom. The summed E-state index contributed by atoms with van der Waals surface area (Å²) in [6.07, 6.45) is 4.79. The molecule has 0 saturated carbocycles. The van der Waals surface area contributed by atoms with Crippen molar-refractivity contribution in [2.45, 2.75) is 6.92 Å².